The molecule has 0 radical (unpaired) electrons. The fraction of sp³-hybridized carbons (Fsp3) is 0.462. The lowest BCUT2D eigenvalue weighted by molar-refractivity contribution is -0.116. The number of likely N-dealkylation sites (N-methyl/N-ethyl adjacent to an activating group) is 1. The van der Waals surface area contributed by atoms with Crippen LogP contribution in [0, 0.1) is 0 Å². The van der Waals surface area contributed by atoms with Gasteiger partial charge in [-0.3, -0.25) is 14.7 Å². The van der Waals surface area contributed by atoms with Gasteiger partial charge in [0.15, 0.2) is 5.96 Å². The van der Waals surface area contributed by atoms with Crippen LogP contribution in [0.15, 0.2) is 59.6 Å². The molecule has 2 unspecified atom stereocenters. The van der Waals surface area contributed by atoms with Crippen molar-refractivity contribution in [3.63, 3.8) is 0 Å². The molecule has 0 fully saturated rings. The molecule has 32 heavy (non-hydrogen) atoms. The number of anilines is 1. The van der Waals surface area contributed by atoms with Crippen molar-refractivity contribution in [3.8, 4) is 0 Å². The third kappa shape index (κ3) is 6.57. The van der Waals surface area contributed by atoms with Crippen LogP contribution in [0.4, 0.5) is 5.69 Å². The van der Waals surface area contributed by atoms with Gasteiger partial charge in [0, 0.05) is 37.2 Å². The molecule has 3 rings (SSSR count). The molecule has 0 aliphatic carbocycles. The van der Waals surface area contributed by atoms with E-state index in [1.54, 1.807) is 0 Å². The van der Waals surface area contributed by atoms with E-state index in [0.717, 1.165) is 37.7 Å². The molecule has 2 atom stereocenters. The van der Waals surface area contributed by atoms with Gasteiger partial charge >= 0.3 is 0 Å². The number of hydrogen-bond donors (Lipinski definition) is 3. The van der Waals surface area contributed by atoms with Crippen molar-refractivity contribution in [1.29, 1.82) is 0 Å². The lowest BCUT2D eigenvalue weighted by Crippen LogP contribution is -2.43. The highest BCUT2D eigenvalue weighted by Crippen LogP contribution is 2.31. The zero-order valence-corrected chi connectivity index (χ0v) is 19.6. The van der Waals surface area contributed by atoms with Gasteiger partial charge < -0.3 is 16.0 Å². The van der Waals surface area contributed by atoms with Gasteiger partial charge in [0.1, 0.15) is 0 Å². The molecule has 6 heteroatoms. The topological polar surface area (TPSA) is 68.8 Å². The van der Waals surface area contributed by atoms with Gasteiger partial charge in [0.25, 0.3) is 0 Å². The van der Waals surface area contributed by atoms with Crippen LogP contribution in [-0.4, -0.2) is 55.5 Å². The van der Waals surface area contributed by atoms with Gasteiger partial charge in [0.05, 0.1) is 6.54 Å². The zero-order chi connectivity index (χ0) is 22.8. The van der Waals surface area contributed by atoms with E-state index in [4.69, 9.17) is 4.99 Å². The normalized spacial score (nSPS) is 16.9. The Labute approximate surface area is 192 Å². The van der Waals surface area contributed by atoms with Gasteiger partial charge in [-0.25, -0.2) is 0 Å². The van der Waals surface area contributed by atoms with E-state index < -0.39 is 0 Å². The molecule has 3 N–H and O–H groups in total. The van der Waals surface area contributed by atoms with Crippen molar-refractivity contribution in [2.75, 3.05) is 38.0 Å². The Morgan fingerprint density at radius 2 is 1.78 bits per heavy atom. The van der Waals surface area contributed by atoms with Crippen molar-refractivity contribution in [2.45, 2.75) is 45.6 Å². The summed E-state index contributed by atoms with van der Waals surface area (Å²) in [7, 11) is 0. The van der Waals surface area contributed by atoms with Crippen molar-refractivity contribution in [2.24, 2.45) is 4.99 Å². The summed E-state index contributed by atoms with van der Waals surface area (Å²) < 4.78 is 0. The maximum absolute atomic E-state index is 12.1. The third-order valence-corrected chi connectivity index (χ3v) is 6.07. The molecule has 2 aromatic rings. The van der Waals surface area contributed by atoms with Crippen LogP contribution in [0.1, 0.15) is 44.2 Å². The van der Waals surface area contributed by atoms with Crippen molar-refractivity contribution in [3.05, 3.63) is 65.7 Å². The molecule has 0 spiro atoms. The molecule has 2 aromatic carbocycles. The minimum atomic E-state index is 0.0712. The van der Waals surface area contributed by atoms with Crippen molar-refractivity contribution in [1.82, 2.24) is 15.5 Å². The van der Waals surface area contributed by atoms with Crippen LogP contribution in [0.2, 0.25) is 0 Å². The molecular formula is C26H37N5O. The Morgan fingerprint density at radius 1 is 1.06 bits per heavy atom. The van der Waals surface area contributed by atoms with Gasteiger partial charge in [-0.1, -0.05) is 62.4 Å². The lowest BCUT2D eigenvalue weighted by atomic mass is 9.90. The number of carbonyl (C=O) groups is 1. The number of carbonyl (C=O) groups excluding carboxylic acids is 1. The average Bonchev–Trinajstić information content (AvgIpc) is 2.81. The molecule has 1 amide bonds. The summed E-state index contributed by atoms with van der Waals surface area (Å²) in [5, 5.41) is 9.83. The fourth-order valence-electron chi connectivity index (χ4n) is 4.38. The fourth-order valence-corrected chi connectivity index (χ4v) is 4.38. The minimum absolute atomic E-state index is 0.0712. The molecule has 0 saturated heterocycles. The Hall–Kier alpha value is -2.86. The molecule has 172 valence electrons. The number of guanidine groups is 1. The van der Waals surface area contributed by atoms with Crippen molar-refractivity contribution < 1.29 is 4.79 Å². The lowest BCUT2D eigenvalue weighted by Gasteiger charge is -2.29. The smallest absolute Gasteiger partial charge is 0.225 e. The third-order valence-electron chi connectivity index (χ3n) is 6.07. The molecule has 1 aliphatic rings. The molecule has 0 aromatic heterocycles. The predicted molar refractivity (Wildman–Crippen MR) is 133 cm³/mol. The highest BCUT2D eigenvalue weighted by atomic mass is 16.1. The van der Waals surface area contributed by atoms with Gasteiger partial charge in [-0.05, 0) is 43.6 Å². The van der Waals surface area contributed by atoms with Crippen LogP contribution in [0.25, 0.3) is 0 Å². The van der Waals surface area contributed by atoms with Crippen LogP contribution >= 0.6 is 0 Å². The Morgan fingerprint density at radius 3 is 2.50 bits per heavy atom. The van der Waals surface area contributed by atoms with E-state index >= 15 is 0 Å². The Bertz CT molecular complexity index is 879. The highest BCUT2D eigenvalue weighted by Gasteiger charge is 2.25. The quantitative estimate of drug-likeness (QED) is 0.394. The monoisotopic (exact) mass is 435 g/mol. The summed E-state index contributed by atoms with van der Waals surface area (Å²) >= 11 is 0. The van der Waals surface area contributed by atoms with E-state index in [1.807, 2.05) is 18.2 Å². The molecule has 1 heterocycles. The van der Waals surface area contributed by atoms with Gasteiger partial charge in [-0.2, -0.15) is 0 Å². The Balaban J connectivity index is 1.69. The van der Waals surface area contributed by atoms with E-state index in [1.165, 1.54) is 11.1 Å². The van der Waals surface area contributed by atoms with Crippen molar-refractivity contribution >= 4 is 17.6 Å². The molecule has 6 nitrogen and oxygen atoms in total. The average molecular weight is 436 g/mol. The van der Waals surface area contributed by atoms with Gasteiger partial charge in [-0.15, -0.1) is 0 Å². The second kappa shape index (κ2) is 12.2. The number of benzene rings is 2. The highest BCUT2D eigenvalue weighted by molar-refractivity contribution is 5.94. The van der Waals surface area contributed by atoms with Crippen LogP contribution in [0.5, 0.6) is 0 Å². The first kappa shape index (κ1) is 23.8. The minimum Gasteiger partial charge on any atom is -0.357 e. The van der Waals surface area contributed by atoms with Crippen LogP contribution in [-0.2, 0) is 11.2 Å². The summed E-state index contributed by atoms with van der Waals surface area (Å²) in [6.45, 7) is 10.7. The first-order valence-corrected chi connectivity index (χ1v) is 11.8. The summed E-state index contributed by atoms with van der Waals surface area (Å²) in [5.41, 5.74) is 3.44. The van der Waals surface area contributed by atoms with Crippen LogP contribution in [0.3, 0.4) is 0 Å². The maximum atomic E-state index is 12.1. The number of nitrogens with one attached hydrogen (secondary N) is 3. The molecule has 0 bridgehead atoms. The largest absolute Gasteiger partial charge is 0.357 e. The summed E-state index contributed by atoms with van der Waals surface area (Å²) in [6.07, 6.45) is 1.46. The molecule has 1 aliphatic heterocycles. The Kier molecular flexibility index (Phi) is 9.11. The number of nitrogens with zero attached hydrogens (tertiary/aromatic N) is 2. The SMILES string of the molecule is CCNC(=NCC(Cc1ccccc1)N(CC)CC)NCC1CC(=O)Nc2ccccc21. The number of hydrogen-bond acceptors (Lipinski definition) is 3. The van der Waals surface area contributed by atoms with E-state index in [0.29, 0.717) is 25.6 Å². The molecular weight excluding hydrogens is 398 g/mol. The number of rotatable bonds is 10. The standard InChI is InChI=1S/C26H37N5O/c1-4-27-26(28-18-21-17-25(32)30-24-15-11-10-14-23(21)24)29-19-22(31(5-2)6-3)16-20-12-8-7-9-13-20/h7-15,21-22H,4-6,16-19H2,1-3H3,(H,30,32)(H2,27,28,29). The first-order chi connectivity index (χ1) is 15.6. The maximum Gasteiger partial charge on any atom is 0.225 e. The van der Waals surface area contributed by atoms with E-state index in [2.05, 4.69) is 78.0 Å². The molecule has 0 saturated carbocycles. The van der Waals surface area contributed by atoms with E-state index in [9.17, 15) is 4.79 Å². The second-order valence-corrected chi connectivity index (χ2v) is 8.20. The number of fused-ring (bicyclic) bond motifs is 1. The zero-order valence-electron chi connectivity index (χ0n) is 19.6. The summed E-state index contributed by atoms with van der Waals surface area (Å²) in [5.74, 6) is 1.01. The summed E-state index contributed by atoms with van der Waals surface area (Å²) in [6, 6.07) is 19.0. The predicted octanol–water partition coefficient (Wildman–Crippen LogP) is 3.62. The number of aliphatic imine (C=N–C) groups is 1. The number of amides is 1. The van der Waals surface area contributed by atoms with Gasteiger partial charge in [0.2, 0.25) is 5.91 Å². The van der Waals surface area contributed by atoms with Crippen LogP contribution < -0.4 is 16.0 Å². The van der Waals surface area contributed by atoms with E-state index in [-0.39, 0.29) is 11.8 Å². The first-order valence-electron chi connectivity index (χ1n) is 11.8. The number of para-hydroxylation sites is 1. The summed E-state index contributed by atoms with van der Waals surface area (Å²) in [4.78, 5) is 19.6. The second-order valence-electron chi connectivity index (χ2n) is 8.20.